The normalized spacial score (nSPS) is 12.3. The first-order valence-corrected chi connectivity index (χ1v) is 11.2. The molecule has 5 rings (SSSR count). The average molecular weight is 415 g/mol. The Labute approximate surface area is 190 Å². The molecule has 0 amide bonds. The van der Waals surface area contributed by atoms with E-state index in [1.54, 1.807) is 0 Å². The number of benzene rings is 4. The van der Waals surface area contributed by atoms with E-state index in [4.69, 9.17) is 0 Å². The summed E-state index contributed by atoms with van der Waals surface area (Å²) < 4.78 is 0. The van der Waals surface area contributed by atoms with E-state index >= 15 is 0 Å². The van der Waals surface area contributed by atoms with Gasteiger partial charge in [0, 0.05) is 12.0 Å². The summed E-state index contributed by atoms with van der Waals surface area (Å²) in [5.74, 6) is 0.164. The fraction of sp³-hybridized carbons (Fsp3) is 0.129. The molecule has 0 N–H and O–H groups in total. The molecule has 4 aromatic rings. The van der Waals surface area contributed by atoms with Gasteiger partial charge in [-0.1, -0.05) is 109 Å². The maximum absolute atomic E-state index is 12.9. The highest BCUT2D eigenvalue weighted by atomic mass is 16.1. The van der Waals surface area contributed by atoms with Crippen molar-refractivity contribution in [3.8, 4) is 0 Å². The smallest absolute Gasteiger partial charge is 0.167 e. The van der Waals surface area contributed by atoms with Crippen LogP contribution in [0.1, 0.15) is 49.3 Å². The third-order valence-corrected chi connectivity index (χ3v) is 6.20. The van der Waals surface area contributed by atoms with E-state index in [0.29, 0.717) is 6.42 Å². The maximum atomic E-state index is 12.9. The molecule has 0 atom stereocenters. The van der Waals surface area contributed by atoms with Crippen molar-refractivity contribution < 1.29 is 4.79 Å². The number of carbonyl (C=O) groups excluding carboxylic acids is 1. The number of Topliss-reactive ketones (excluding diaryl/α,β-unsaturated/α-hetero) is 1. The highest BCUT2D eigenvalue weighted by molar-refractivity contribution is 5.98. The molecule has 32 heavy (non-hydrogen) atoms. The second kappa shape index (κ2) is 8.80. The summed E-state index contributed by atoms with van der Waals surface area (Å²) in [4.78, 5) is 12.9. The summed E-state index contributed by atoms with van der Waals surface area (Å²) in [5, 5.41) is 0. The van der Waals surface area contributed by atoms with Crippen LogP contribution in [-0.2, 0) is 19.3 Å². The lowest BCUT2D eigenvalue weighted by Crippen LogP contribution is -2.04. The Bertz CT molecular complexity index is 1290. The predicted octanol–water partition coefficient (Wildman–Crippen LogP) is 7.11. The van der Waals surface area contributed by atoms with Gasteiger partial charge >= 0.3 is 0 Å². The van der Waals surface area contributed by atoms with Crippen molar-refractivity contribution in [1.82, 2.24) is 0 Å². The van der Waals surface area contributed by atoms with Gasteiger partial charge in [-0.2, -0.15) is 0 Å². The van der Waals surface area contributed by atoms with Crippen LogP contribution in [0.4, 0.5) is 0 Å². The maximum Gasteiger partial charge on any atom is 0.167 e. The fourth-order valence-corrected chi connectivity index (χ4v) is 4.49. The Hall–Kier alpha value is -3.71. The van der Waals surface area contributed by atoms with Gasteiger partial charge in [0.15, 0.2) is 5.78 Å². The Morgan fingerprint density at radius 1 is 0.750 bits per heavy atom. The topological polar surface area (TPSA) is 17.1 Å². The van der Waals surface area contributed by atoms with Gasteiger partial charge in [-0.25, -0.2) is 0 Å². The molecule has 0 heterocycles. The van der Waals surface area contributed by atoms with Crippen LogP contribution >= 0.6 is 0 Å². The molecule has 0 aromatic heterocycles. The van der Waals surface area contributed by atoms with Crippen LogP contribution in [0.5, 0.6) is 0 Å². The number of carbonyl (C=O) groups is 1. The SMILES string of the molecule is Cc1cccc(Cc2ccc(C(=O)Cc3ccc4c(c3)C=C(c3ccccc3)C4)cc2)c1. The summed E-state index contributed by atoms with van der Waals surface area (Å²) in [6, 6.07) is 33.6. The minimum atomic E-state index is 0.164. The Morgan fingerprint density at radius 2 is 1.53 bits per heavy atom. The third-order valence-electron chi connectivity index (χ3n) is 6.20. The second-order valence-corrected chi connectivity index (χ2v) is 8.71. The zero-order valence-corrected chi connectivity index (χ0v) is 18.3. The van der Waals surface area contributed by atoms with Gasteiger partial charge in [-0.15, -0.1) is 0 Å². The number of hydrogen-bond acceptors (Lipinski definition) is 1. The van der Waals surface area contributed by atoms with Gasteiger partial charge in [0.1, 0.15) is 0 Å². The highest BCUT2D eigenvalue weighted by Gasteiger charge is 2.15. The number of ketones is 1. The van der Waals surface area contributed by atoms with E-state index in [1.807, 2.05) is 18.2 Å². The van der Waals surface area contributed by atoms with E-state index in [-0.39, 0.29) is 5.78 Å². The molecule has 0 saturated heterocycles. The Kier molecular flexibility index (Phi) is 5.56. The van der Waals surface area contributed by atoms with Crippen molar-refractivity contribution in [2.24, 2.45) is 0 Å². The van der Waals surface area contributed by atoms with Crippen molar-refractivity contribution in [3.05, 3.63) is 142 Å². The largest absolute Gasteiger partial charge is 0.294 e. The minimum absolute atomic E-state index is 0.164. The molecule has 0 radical (unpaired) electrons. The van der Waals surface area contributed by atoms with Gasteiger partial charge in [-0.05, 0) is 58.7 Å². The molecule has 0 spiro atoms. The van der Waals surface area contributed by atoms with Crippen molar-refractivity contribution in [2.75, 3.05) is 0 Å². The quantitative estimate of drug-likeness (QED) is 0.307. The van der Waals surface area contributed by atoms with E-state index in [2.05, 4.69) is 91.9 Å². The molecule has 4 aromatic carbocycles. The van der Waals surface area contributed by atoms with Crippen LogP contribution in [-0.4, -0.2) is 5.78 Å². The number of hydrogen-bond donors (Lipinski definition) is 0. The monoisotopic (exact) mass is 414 g/mol. The molecule has 0 bridgehead atoms. The standard InChI is InChI=1S/C31H26O/c1-22-6-5-7-24(16-22)17-23-10-13-27(14-11-23)31(32)19-25-12-15-28-20-30(21-29(28)18-25)26-8-3-2-4-9-26/h2-16,18,21H,17,19-20H2,1H3. The first kappa shape index (κ1) is 20.2. The predicted molar refractivity (Wildman–Crippen MR) is 133 cm³/mol. The molecule has 1 heteroatoms. The van der Waals surface area contributed by atoms with Crippen LogP contribution in [0.15, 0.2) is 97.1 Å². The molecule has 0 unspecified atom stereocenters. The first-order chi connectivity index (χ1) is 15.6. The van der Waals surface area contributed by atoms with Crippen LogP contribution in [0.2, 0.25) is 0 Å². The number of allylic oxidation sites excluding steroid dienone is 1. The lowest BCUT2D eigenvalue weighted by atomic mass is 9.97. The van der Waals surface area contributed by atoms with E-state index in [9.17, 15) is 4.79 Å². The summed E-state index contributed by atoms with van der Waals surface area (Å²) in [6.45, 7) is 2.11. The van der Waals surface area contributed by atoms with Crippen molar-refractivity contribution in [1.29, 1.82) is 0 Å². The van der Waals surface area contributed by atoms with Gasteiger partial charge < -0.3 is 0 Å². The summed E-state index contributed by atoms with van der Waals surface area (Å²) in [6.07, 6.45) is 4.53. The Balaban J connectivity index is 1.27. The number of aryl methyl sites for hydroxylation is 1. The van der Waals surface area contributed by atoms with Crippen molar-refractivity contribution in [2.45, 2.75) is 26.2 Å². The highest BCUT2D eigenvalue weighted by Crippen LogP contribution is 2.32. The summed E-state index contributed by atoms with van der Waals surface area (Å²) in [7, 11) is 0. The van der Waals surface area contributed by atoms with Gasteiger partial charge in [0.05, 0.1) is 0 Å². The number of rotatable bonds is 6. The Morgan fingerprint density at radius 3 is 2.31 bits per heavy atom. The lowest BCUT2D eigenvalue weighted by Gasteiger charge is -2.07. The molecular weight excluding hydrogens is 388 g/mol. The second-order valence-electron chi connectivity index (χ2n) is 8.71. The lowest BCUT2D eigenvalue weighted by molar-refractivity contribution is 0.0993. The molecule has 1 aliphatic carbocycles. The van der Waals surface area contributed by atoms with E-state index in [0.717, 1.165) is 24.0 Å². The van der Waals surface area contributed by atoms with E-state index < -0.39 is 0 Å². The molecule has 0 fully saturated rings. The molecule has 156 valence electrons. The molecule has 1 nitrogen and oxygen atoms in total. The van der Waals surface area contributed by atoms with Crippen LogP contribution in [0, 0.1) is 6.92 Å². The third kappa shape index (κ3) is 4.48. The minimum Gasteiger partial charge on any atom is -0.294 e. The first-order valence-electron chi connectivity index (χ1n) is 11.2. The zero-order valence-electron chi connectivity index (χ0n) is 18.3. The summed E-state index contributed by atoms with van der Waals surface area (Å²) >= 11 is 0. The van der Waals surface area contributed by atoms with E-state index in [1.165, 1.54) is 39.0 Å². The number of fused-ring (bicyclic) bond motifs is 1. The van der Waals surface area contributed by atoms with Gasteiger partial charge in [-0.3, -0.25) is 4.79 Å². The van der Waals surface area contributed by atoms with Crippen LogP contribution < -0.4 is 0 Å². The molecule has 0 aliphatic heterocycles. The average Bonchev–Trinajstić information content (AvgIpc) is 3.24. The van der Waals surface area contributed by atoms with Crippen LogP contribution in [0.3, 0.4) is 0 Å². The van der Waals surface area contributed by atoms with Crippen molar-refractivity contribution >= 4 is 17.4 Å². The molecular formula is C31H26O. The molecule has 0 saturated carbocycles. The fourth-order valence-electron chi connectivity index (χ4n) is 4.49. The zero-order chi connectivity index (χ0) is 21.9. The van der Waals surface area contributed by atoms with Crippen molar-refractivity contribution in [3.63, 3.8) is 0 Å². The van der Waals surface area contributed by atoms with Gasteiger partial charge in [0.2, 0.25) is 0 Å². The molecule has 1 aliphatic rings. The van der Waals surface area contributed by atoms with Gasteiger partial charge in [0.25, 0.3) is 0 Å². The summed E-state index contributed by atoms with van der Waals surface area (Å²) in [5.41, 5.74) is 10.8. The van der Waals surface area contributed by atoms with Crippen LogP contribution in [0.25, 0.3) is 11.6 Å².